The summed E-state index contributed by atoms with van der Waals surface area (Å²) in [6, 6.07) is 0. The minimum absolute atomic E-state index is 0.284. The van der Waals surface area contributed by atoms with Gasteiger partial charge < -0.3 is 4.74 Å². The van der Waals surface area contributed by atoms with Gasteiger partial charge in [-0.3, -0.25) is 4.18 Å². The van der Waals surface area contributed by atoms with Crippen molar-refractivity contribution in [3.63, 3.8) is 0 Å². The zero-order chi connectivity index (χ0) is 13.2. The highest BCUT2D eigenvalue weighted by Crippen LogP contribution is 1.94. The molecule has 0 atom stereocenters. The summed E-state index contributed by atoms with van der Waals surface area (Å²) < 4.78 is 28.3. The van der Waals surface area contributed by atoms with Gasteiger partial charge in [-0.2, -0.15) is 8.42 Å². The lowest BCUT2D eigenvalue weighted by Gasteiger charge is -2.01. The molecule has 0 saturated heterocycles. The summed E-state index contributed by atoms with van der Waals surface area (Å²) >= 11 is 0. The Balaban J connectivity index is 0. The van der Waals surface area contributed by atoms with Gasteiger partial charge in [-0.25, -0.2) is 4.79 Å². The van der Waals surface area contributed by atoms with Gasteiger partial charge in [-0.05, 0) is 13.3 Å². The SMILES string of the molecule is C=C(C)C(=O)OCCCC.COS(C)(=O)=O. The molecule has 0 saturated carbocycles. The van der Waals surface area contributed by atoms with E-state index in [-0.39, 0.29) is 5.97 Å². The number of carbonyl (C=O) groups is 1. The van der Waals surface area contributed by atoms with E-state index in [9.17, 15) is 13.2 Å². The van der Waals surface area contributed by atoms with Crippen molar-refractivity contribution in [2.45, 2.75) is 26.7 Å². The van der Waals surface area contributed by atoms with Crippen LogP contribution in [0, 0.1) is 0 Å². The van der Waals surface area contributed by atoms with Gasteiger partial charge in [0.25, 0.3) is 10.1 Å². The summed E-state index contributed by atoms with van der Waals surface area (Å²) in [5.74, 6) is -0.284. The first-order valence-electron chi connectivity index (χ1n) is 4.82. The van der Waals surface area contributed by atoms with E-state index in [1.165, 1.54) is 0 Å². The van der Waals surface area contributed by atoms with Crippen molar-refractivity contribution >= 4 is 16.1 Å². The highest BCUT2D eigenvalue weighted by Gasteiger charge is 2.00. The zero-order valence-corrected chi connectivity index (χ0v) is 11.1. The molecule has 0 aromatic carbocycles. The van der Waals surface area contributed by atoms with Gasteiger partial charge in [0.1, 0.15) is 0 Å². The van der Waals surface area contributed by atoms with Crippen LogP contribution in [0.25, 0.3) is 0 Å². The van der Waals surface area contributed by atoms with Gasteiger partial charge in [0.2, 0.25) is 0 Å². The zero-order valence-electron chi connectivity index (χ0n) is 10.3. The monoisotopic (exact) mass is 252 g/mol. The third-order valence-corrected chi connectivity index (χ3v) is 1.99. The minimum atomic E-state index is -3.16. The van der Waals surface area contributed by atoms with Crippen LogP contribution in [-0.2, 0) is 23.8 Å². The summed E-state index contributed by atoms with van der Waals surface area (Å²) in [4.78, 5) is 10.7. The molecule has 0 fully saturated rings. The predicted octanol–water partition coefficient (Wildman–Crippen LogP) is 1.50. The van der Waals surface area contributed by atoms with Gasteiger partial charge in [0.05, 0.1) is 20.0 Å². The number of ether oxygens (including phenoxy) is 1. The molecule has 5 nitrogen and oxygen atoms in total. The van der Waals surface area contributed by atoms with E-state index in [2.05, 4.69) is 17.7 Å². The van der Waals surface area contributed by atoms with Crippen molar-refractivity contribution < 1.29 is 22.1 Å². The Morgan fingerprint density at radius 3 is 2.06 bits per heavy atom. The molecule has 0 heterocycles. The Kier molecular flexibility index (Phi) is 10.2. The second kappa shape index (κ2) is 9.35. The standard InChI is InChI=1S/C8H14O2.C2H6O3S/c1-4-5-6-10-8(9)7(2)3;1-5-6(2,3)4/h2,4-6H2,1,3H3;1-2H3. The van der Waals surface area contributed by atoms with Gasteiger partial charge >= 0.3 is 5.97 Å². The molecule has 0 aliphatic rings. The van der Waals surface area contributed by atoms with Crippen molar-refractivity contribution in [1.29, 1.82) is 0 Å². The van der Waals surface area contributed by atoms with E-state index in [1.54, 1.807) is 6.92 Å². The van der Waals surface area contributed by atoms with Crippen LogP contribution in [0.5, 0.6) is 0 Å². The number of hydrogen-bond donors (Lipinski definition) is 0. The molecule has 96 valence electrons. The molecule has 0 amide bonds. The summed E-state index contributed by atoms with van der Waals surface area (Å²) in [6.45, 7) is 7.67. The van der Waals surface area contributed by atoms with Crippen LogP contribution in [0.2, 0.25) is 0 Å². The molecule has 0 aromatic heterocycles. The summed E-state index contributed by atoms with van der Waals surface area (Å²) in [6.07, 6.45) is 2.97. The third-order valence-electron chi connectivity index (χ3n) is 1.38. The number of unbranched alkanes of at least 4 members (excludes halogenated alkanes) is 1. The maximum atomic E-state index is 10.7. The third kappa shape index (κ3) is 15.6. The molecule has 0 aliphatic carbocycles. The molecular formula is C10H20O5S. The van der Waals surface area contributed by atoms with E-state index in [0.29, 0.717) is 12.2 Å². The Labute approximate surface area is 97.6 Å². The topological polar surface area (TPSA) is 69.7 Å². The molecule has 0 radical (unpaired) electrons. The van der Waals surface area contributed by atoms with Crippen molar-refractivity contribution in [3.05, 3.63) is 12.2 Å². The Morgan fingerprint density at radius 2 is 1.81 bits per heavy atom. The highest BCUT2D eigenvalue weighted by molar-refractivity contribution is 7.85. The summed E-state index contributed by atoms with van der Waals surface area (Å²) in [5.41, 5.74) is 0.469. The van der Waals surface area contributed by atoms with Crippen LogP contribution in [0.3, 0.4) is 0 Å². The number of hydrogen-bond acceptors (Lipinski definition) is 5. The first kappa shape index (κ1) is 17.5. The maximum absolute atomic E-state index is 10.7. The molecule has 0 spiro atoms. The van der Waals surface area contributed by atoms with E-state index in [4.69, 9.17) is 4.74 Å². The second-order valence-corrected chi connectivity index (χ2v) is 4.88. The van der Waals surface area contributed by atoms with Gasteiger partial charge in [0, 0.05) is 5.57 Å². The Morgan fingerprint density at radius 1 is 1.38 bits per heavy atom. The largest absolute Gasteiger partial charge is 0.462 e. The second-order valence-electron chi connectivity index (χ2n) is 3.14. The van der Waals surface area contributed by atoms with Gasteiger partial charge in [0.15, 0.2) is 0 Å². The van der Waals surface area contributed by atoms with Crippen LogP contribution in [0.1, 0.15) is 26.7 Å². The molecule has 0 unspecified atom stereocenters. The molecule has 0 rings (SSSR count). The molecule has 0 bridgehead atoms. The van der Waals surface area contributed by atoms with E-state index < -0.39 is 10.1 Å². The summed E-state index contributed by atoms with van der Waals surface area (Å²) in [7, 11) is -2.04. The molecule has 6 heteroatoms. The number of esters is 1. The van der Waals surface area contributed by atoms with Gasteiger partial charge in [-0.15, -0.1) is 0 Å². The number of carbonyl (C=O) groups excluding carboxylic acids is 1. The first-order chi connectivity index (χ1) is 7.24. The molecule has 0 aliphatic heterocycles. The fraction of sp³-hybridized carbons (Fsp3) is 0.700. The van der Waals surface area contributed by atoms with Crippen LogP contribution in [-0.4, -0.2) is 34.4 Å². The molecule has 16 heavy (non-hydrogen) atoms. The lowest BCUT2D eigenvalue weighted by atomic mass is 10.3. The maximum Gasteiger partial charge on any atom is 0.333 e. The minimum Gasteiger partial charge on any atom is -0.462 e. The van der Waals surface area contributed by atoms with Crippen molar-refractivity contribution in [2.75, 3.05) is 20.0 Å². The van der Waals surface area contributed by atoms with Crippen LogP contribution >= 0.6 is 0 Å². The smallest absolute Gasteiger partial charge is 0.333 e. The number of rotatable bonds is 5. The Hall–Kier alpha value is -0.880. The average Bonchev–Trinajstić information content (AvgIpc) is 2.17. The lowest BCUT2D eigenvalue weighted by molar-refractivity contribution is -0.139. The Bertz CT molecular complexity index is 305. The van der Waals surface area contributed by atoms with E-state index >= 15 is 0 Å². The molecular weight excluding hydrogens is 232 g/mol. The lowest BCUT2D eigenvalue weighted by Crippen LogP contribution is -2.05. The van der Waals surface area contributed by atoms with E-state index in [0.717, 1.165) is 26.2 Å². The van der Waals surface area contributed by atoms with Crippen molar-refractivity contribution in [2.24, 2.45) is 0 Å². The van der Waals surface area contributed by atoms with Crippen molar-refractivity contribution in [3.8, 4) is 0 Å². The van der Waals surface area contributed by atoms with Crippen molar-refractivity contribution in [1.82, 2.24) is 0 Å². The summed E-state index contributed by atoms with van der Waals surface area (Å²) in [5, 5.41) is 0. The highest BCUT2D eigenvalue weighted by atomic mass is 32.2. The van der Waals surface area contributed by atoms with E-state index in [1.807, 2.05) is 0 Å². The van der Waals surface area contributed by atoms with Crippen LogP contribution < -0.4 is 0 Å². The van der Waals surface area contributed by atoms with Gasteiger partial charge in [-0.1, -0.05) is 19.9 Å². The van der Waals surface area contributed by atoms with Crippen LogP contribution in [0.4, 0.5) is 0 Å². The first-order valence-corrected chi connectivity index (χ1v) is 6.64. The fourth-order valence-corrected chi connectivity index (χ4v) is 0.432. The quantitative estimate of drug-likeness (QED) is 0.321. The molecule has 0 N–H and O–H groups in total. The average molecular weight is 252 g/mol. The predicted molar refractivity (Wildman–Crippen MR) is 62.5 cm³/mol. The molecule has 0 aromatic rings. The van der Waals surface area contributed by atoms with Crippen LogP contribution in [0.15, 0.2) is 12.2 Å². The fourth-order valence-electron chi connectivity index (χ4n) is 0.432. The normalized spacial score (nSPS) is 10.0.